The van der Waals surface area contributed by atoms with Crippen LogP contribution >= 0.6 is 0 Å². The fourth-order valence-corrected chi connectivity index (χ4v) is 1.81. The smallest absolute Gasteiger partial charge is 0.277 e. The number of pyridine rings is 1. The summed E-state index contributed by atoms with van der Waals surface area (Å²) in [5, 5.41) is 9.64. The molecule has 0 saturated heterocycles. The third-order valence-electron chi connectivity index (χ3n) is 2.65. The van der Waals surface area contributed by atoms with Gasteiger partial charge in [-0.3, -0.25) is 9.89 Å². The van der Waals surface area contributed by atoms with Crippen molar-refractivity contribution in [1.82, 2.24) is 15.2 Å². The zero-order valence-electron chi connectivity index (χ0n) is 11.4. The molecule has 1 amide bonds. The summed E-state index contributed by atoms with van der Waals surface area (Å²) in [6.45, 7) is 6.20. The number of hydrogen-bond donors (Lipinski definition) is 2. The van der Waals surface area contributed by atoms with Gasteiger partial charge < -0.3 is 5.32 Å². The second-order valence-electron chi connectivity index (χ2n) is 5.05. The normalized spacial score (nSPS) is 10.7. The molecule has 2 N–H and O–H groups in total. The van der Waals surface area contributed by atoms with Gasteiger partial charge in [-0.05, 0) is 43.0 Å². The first-order chi connectivity index (χ1) is 9.04. The lowest BCUT2D eigenvalue weighted by molar-refractivity contribution is 0.102. The molecule has 19 heavy (non-hydrogen) atoms. The van der Waals surface area contributed by atoms with Crippen molar-refractivity contribution < 1.29 is 4.79 Å². The zero-order valence-corrected chi connectivity index (χ0v) is 11.4. The molecule has 0 unspecified atom stereocenters. The van der Waals surface area contributed by atoms with E-state index in [1.165, 1.54) is 0 Å². The maximum absolute atomic E-state index is 12.0. The van der Waals surface area contributed by atoms with E-state index < -0.39 is 0 Å². The number of carbonyl (C=O) groups is 1. The van der Waals surface area contributed by atoms with E-state index in [4.69, 9.17) is 0 Å². The van der Waals surface area contributed by atoms with Gasteiger partial charge in [0.2, 0.25) is 0 Å². The molecule has 0 radical (unpaired) electrons. The third kappa shape index (κ3) is 3.64. The van der Waals surface area contributed by atoms with E-state index in [-0.39, 0.29) is 5.91 Å². The van der Waals surface area contributed by atoms with Crippen LogP contribution in [0.2, 0.25) is 0 Å². The van der Waals surface area contributed by atoms with Crippen molar-refractivity contribution in [3.05, 3.63) is 41.3 Å². The van der Waals surface area contributed by atoms with Gasteiger partial charge in [-0.15, -0.1) is 0 Å². The predicted molar refractivity (Wildman–Crippen MR) is 74.1 cm³/mol. The molecule has 0 atom stereocenters. The van der Waals surface area contributed by atoms with Gasteiger partial charge in [-0.1, -0.05) is 13.8 Å². The average molecular weight is 258 g/mol. The maximum Gasteiger partial charge on any atom is 0.277 e. The molecule has 0 spiro atoms. The number of anilines is 1. The zero-order chi connectivity index (χ0) is 13.8. The van der Waals surface area contributed by atoms with Gasteiger partial charge in [0.1, 0.15) is 5.82 Å². The monoisotopic (exact) mass is 258 g/mol. The molecule has 0 aliphatic heterocycles. The van der Waals surface area contributed by atoms with Crippen LogP contribution in [0, 0.1) is 12.8 Å². The molecule has 0 aliphatic rings. The highest BCUT2D eigenvalue weighted by molar-refractivity contribution is 6.02. The second kappa shape index (κ2) is 5.65. The van der Waals surface area contributed by atoms with E-state index in [2.05, 4.69) is 34.3 Å². The molecule has 2 heterocycles. The molecule has 2 rings (SSSR count). The summed E-state index contributed by atoms with van der Waals surface area (Å²) in [4.78, 5) is 16.1. The van der Waals surface area contributed by atoms with E-state index >= 15 is 0 Å². The summed E-state index contributed by atoms with van der Waals surface area (Å²) in [7, 11) is 0. The first-order valence-electron chi connectivity index (χ1n) is 6.33. The van der Waals surface area contributed by atoms with Crippen LogP contribution in [0.3, 0.4) is 0 Å². The lowest BCUT2D eigenvalue weighted by Crippen LogP contribution is -2.13. The van der Waals surface area contributed by atoms with Crippen LogP contribution in [-0.4, -0.2) is 21.1 Å². The molecule has 2 aromatic heterocycles. The van der Waals surface area contributed by atoms with E-state index in [1.54, 1.807) is 12.3 Å². The number of nitrogens with zero attached hydrogens (tertiary/aromatic N) is 2. The summed E-state index contributed by atoms with van der Waals surface area (Å²) in [6, 6.07) is 5.48. The van der Waals surface area contributed by atoms with Crippen molar-refractivity contribution in [1.29, 1.82) is 0 Å². The molecular weight excluding hydrogens is 240 g/mol. The van der Waals surface area contributed by atoms with Gasteiger partial charge in [0.15, 0.2) is 5.69 Å². The Bertz CT molecular complexity index is 574. The van der Waals surface area contributed by atoms with Crippen LogP contribution in [0.1, 0.15) is 35.6 Å². The van der Waals surface area contributed by atoms with Crippen molar-refractivity contribution in [3.63, 3.8) is 0 Å². The topological polar surface area (TPSA) is 70.7 Å². The van der Waals surface area contributed by atoms with E-state index in [0.717, 1.165) is 17.7 Å². The van der Waals surface area contributed by atoms with Crippen molar-refractivity contribution in [2.45, 2.75) is 27.2 Å². The van der Waals surface area contributed by atoms with Gasteiger partial charge in [-0.2, -0.15) is 5.10 Å². The number of nitrogens with one attached hydrogen (secondary N) is 2. The molecule has 5 nitrogen and oxygen atoms in total. The van der Waals surface area contributed by atoms with Crippen molar-refractivity contribution >= 4 is 11.7 Å². The molecule has 0 aliphatic carbocycles. The van der Waals surface area contributed by atoms with Crippen LogP contribution < -0.4 is 5.32 Å². The quantitative estimate of drug-likeness (QED) is 0.885. The second-order valence-corrected chi connectivity index (χ2v) is 5.05. The molecule has 2 aromatic rings. The number of H-pyrrole nitrogens is 1. The number of amides is 1. The fraction of sp³-hybridized carbons (Fsp3) is 0.357. The Morgan fingerprint density at radius 1 is 1.42 bits per heavy atom. The summed E-state index contributed by atoms with van der Waals surface area (Å²) >= 11 is 0. The number of aromatic nitrogens is 3. The van der Waals surface area contributed by atoms with Gasteiger partial charge in [-0.25, -0.2) is 4.98 Å². The van der Waals surface area contributed by atoms with Crippen LogP contribution in [-0.2, 0) is 6.42 Å². The summed E-state index contributed by atoms with van der Waals surface area (Å²) in [5.74, 6) is 0.817. The largest absolute Gasteiger partial charge is 0.305 e. The minimum atomic E-state index is -0.246. The van der Waals surface area contributed by atoms with Crippen LogP contribution in [0.5, 0.6) is 0 Å². The van der Waals surface area contributed by atoms with E-state index in [9.17, 15) is 4.79 Å². The molecule has 100 valence electrons. The predicted octanol–water partition coefficient (Wildman–Crippen LogP) is 2.56. The van der Waals surface area contributed by atoms with Gasteiger partial charge in [0.25, 0.3) is 5.91 Å². The van der Waals surface area contributed by atoms with Gasteiger partial charge in [0.05, 0.1) is 0 Å². The Morgan fingerprint density at radius 3 is 2.89 bits per heavy atom. The summed E-state index contributed by atoms with van der Waals surface area (Å²) in [6.07, 6.45) is 2.54. The molecule has 0 bridgehead atoms. The number of aryl methyl sites for hydroxylation is 1. The Morgan fingerprint density at radius 2 is 2.21 bits per heavy atom. The highest BCUT2D eigenvalue weighted by Crippen LogP contribution is 2.10. The number of rotatable bonds is 4. The first-order valence-corrected chi connectivity index (χ1v) is 6.33. The highest BCUT2D eigenvalue weighted by atomic mass is 16.2. The number of carbonyl (C=O) groups excluding carboxylic acids is 1. The summed E-state index contributed by atoms with van der Waals surface area (Å²) < 4.78 is 0. The van der Waals surface area contributed by atoms with Gasteiger partial charge >= 0.3 is 0 Å². The molecule has 5 heteroatoms. The van der Waals surface area contributed by atoms with Gasteiger partial charge in [0, 0.05) is 11.9 Å². The maximum atomic E-state index is 12.0. The lowest BCUT2D eigenvalue weighted by atomic mass is 10.1. The summed E-state index contributed by atoms with van der Waals surface area (Å²) in [5.41, 5.74) is 2.41. The average Bonchev–Trinajstić information content (AvgIpc) is 2.76. The molecule has 0 aromatic carbocycles. The Kier molecular flexibility index (Phi) is 3.94. The third-order valence-corrected chi connectivity index (χ3v) is 2.65. The number of aromatic amines is 1. The van der Waals surface area contributed by atoms with Crippen LogP contribution in [0.15, 0.2) is 24.4 Å². The Balaban J connectivity index is 2.05. The SMILES string of the molecule is Cc1ccnc(NC(=O)c2cc(CC(C)C)[nH]n2)c1. The first kappa shape index (κ1) is 13.3. The van der Waals surface area contributed by atoms with Crippen molar-refractivity contribution in [2.75, 3.05) is 5.32 Å². The Labute approximate surface area is 112 Å². The van der Waals surface area contributed by atoms with E-state index in [1.807, 2.05) is 19.1 Å². The lowest BCUT2D eigenvalue weighted by Gasteiger charge is -2.02. The Hall–Kier alpha value is -2.17. The minimum absolute atomic E-state index is 0.246. The van der Waals surface area contributed by atoms with Crippen molar-refractivity contribution in [2.24, 2.45) is 5.92 Å². The molecule has 0 fully saturated rings. The minimum Gasteiger partial charge on any atom is -0.305 e. The van der Waals surface area contributed by atoms with Crippen LogP contribution in [0.4, 0.5) is 5.82 Å². The van der Waals surface area contributed by atoms with Crippen LogP contribution in [0.25, 0.3) is 0 Å². The van der Waals surface area contributed by atoms with E-state index in [0.29, 0.717) is 17.4 Å². The molecular formula is C14H18N4O. The fourth-order valence-electron chi connectivity index (χ4n) is 1.81. The number of hydrogen-bond acceptors (Lipinski definition) is 3. The molecule has 0 saturated carbocycles. The highest BCUT2D eigenvalue weighted by Gasteiger charge is 2.11. The standard InChI is InChI=1S/C14H18N4O/c1-9(2)6-11-8-12(18-17-11)14(19)16-13-7-10(3)4-5-15-13/h4-5,7-9H,6H2,1-3H3,(H,17,18)(H,15,16,19). The van der Waals surface area contributed by atoms with Crippen molar-refractivity contribution in [3.8, 4) is 0 Å².